The van der Waals surface area contributed by atoms with Gasteiger partial charge < -0.3 is 5.32 Å². The Bertz CT molecular complexity index is 211. The van der Waals surface area contributed by atoms with Crippen LogP contribution in [0.1, 0.15) is 60.8 Å². The van der Waals surface area contributed by atoms with Crippen LogP contribution < -0.4 is 5.32 Å². The van der Waals surface area contributed by atoms with E-state index in [2.05, 4.69) is 51.8 Å². The highest BCUT2D eigenvalue weighted by Gasteiger charge is 2.29. The summed E-state index contributed by atoms with van der Waals surface area (Å²) in [7, 11) is 0. The van der Waals surface area contributed by atoms with E-state index >= 15 is 0 Å². The van der Waals surface area contributed by atoms with E-state index in [9.17, 15) is 0 Å². The summed E-state index contributed by atoms with van der Waals surface area (Å²) >= 11 is 0. The Morgan fingerprint density at radius 2 is 1.71 bits per heavy atom. The smallest absolute Gasteiger partial charge is 0.0136 e. The normalized spacial score (nSPS) is 28.1. The van der Waals surface area contributed by atoms with Crippen molar-refractivity contribution in [3.63, 3.8) is 0 Å². The molecule has 1 rings (SSSR count). The number of nitrogens with one attached hydrogen (secondary N) is 1. The Kier molecular flexibility index (Phi) is 5.94. The molecule has 0 radical (unpaired) electrons. The van der Waals surface area contributed by atoms with Crippen molar-refractivity contribution in [2.45, 2.75) is 85.0 Å². The van der Waals surface area contributed by atoms with Crippen LogP contribution in [0.5, 0.6) is 0 Å². The molecule has 1 aliphatic rings. The topological polar surface area (TPSA) is 15.3 Å². The predicted octanol–water partition coefficient (Wildman–Crippen LogP) is 3.27. The van der Waals surface area contributed by atoms with E-state index in [1.807, 2.05) is 0 Å². The fourth-order valence-corrected chi connectivity index (χ4v) is 3.15. The van der Waals surface area contributed by atoms with Crippen LogP contribution in [-0.2, 0) is 0 Å². The SMILES string of the molecule is CC(C)NC1CCCN(C(C)C)C(C(C)C)C1. The first-order valence-corrected chi connectivity index (χ1v) is 7.43. The molecule has 1 saturated heterocycles. The monoisotopic (exact) mass is 240 g/mol. The number of hydrogen-bond acceptors (Lipinski definition) is 2. The molecule has 0 spiro atoms. The van der Waals surface area contributed by atoms with Gasteiger partial charge in [-0.2, -0.15) is 0 Å². The summed E-state index contributed by atoms with van der Waals surface area (Å²) in [5.41, 5.74) is 0. The van der Waals surface area contributed by atoms with Gasteiger partial charge in [-0.25, -0.2) is 0 Å². The first-order chi connectivity index (χ1) is 7.91. The highest BCUT2D eigenvalue weighted by atomic mass is 15.2. The molecule has 2 unspecified atom stereocenters. The average Bonchev–Trinajstić information content (AvgIpc) is 2.39. The zero-order valence-electron chi connectivity index (χ0n) is 12.7. The van der Waals surface area contributed by atoms with Crippen molar-refractivity contribution in [3.05, 3.63) is 0 Å². The van der Waals surface area contributed by atoms with Crippen LogP contribution in [0.15, 0.2) is 0 Å². The highest BCUT2D eigenvalue weighted by Crippen LogP contribution is 2.25. The van der Waals surface area contributed by atoms with E-state index in [0.717, 1.165) is 12.0 Å². The van der Waals surface area contributed by atoms with Gasteiger partial charge in [0.2, 0.25) is 0 Å². The van der Waals surface area contributed by atoms with E-state index in [0.29, 0.717) is 18.1 Å². The summed E-state index contributed by atoms with van der Waals surface area (Å²) in [5, 5.41) is 3.74. The van der Waals surface area contributed by atoms with E-state index in [1.165, 1.54) is 25.8 Å². The summed E-state index contributed by atoms with van der Waals surface area (Å²) in [6, 6.07) is 2.75. The predicted molar refractivity (Wildman–Crippen MR) is 76.4 cm³/mol. The van der Waals surface area contributed by atoms with Crippen LogP contribution >= 0.6 is 0 Å². The van der Waals surface area contributed by atoms with Crippen molar-refractivity contribution in [1.82, 2.24) is 10.2 Å². The van der Waals surface area contributed by atoms with E-state index in [-0.39, 0.29) is 0 Å². The van der Waals surface area contributed by atoms with Gasteiger partial charge in [0.25, 0.3) is 0 Å². The fraction of sp³-hybridized carbons (Fsp3) is 1.00. The molecule has 0 aliphatic carbocycles. The number of nitrogens with zero attached hydrogens (tertiary/aromatic N) is 1. The molecule has 1 fully saturated rings. The highest BCUT2D eigenvalue weighted by molar-refractivity contribution is 4.86. The minimum absolute atomic E-state index is 0.610. The lowest BCUT2D eigenvalue weighted by molar-refractivity contribution is 0.116. The van der Waals surface area contributed by atoms with Crippen molar-refractivity contribution < 1.29 is 0 Å². The molecule has 1 N–H and O–H groups in total. The zero-order chi connectivity index (χ0) is 13.0. The molecular formula is C15H32N2. The third kappa shape index (κ3) is 4.59. The van der Waals surface area contributed by atoms with Gasteiger partial charge in [-0.3, -0.25) is 4.90 Å². The van der Waals surface area contributed by atoms with Crippen LogP contribution in [-0.4, -0.2) is 35.6 Å². The molecule has 0 bridgehead atoms. The molecule has 0 saturated carbocycles. The number of hydrogen-bond donors (Lipinski definition) is 1. The minimum Gasteiger partial charge on any atom is -0.312 e. The quantitative estimate of drug-likeness (QED) is 0.811. The molecule has 1 heterocycles. The Morgan fingerprint density at radius 1 is 1.06 bits per heavy atom. The van der Waals surface area contributed by atoms with Crippen molar-refractivity contribution in [2.24, 2.45) is 5.92 Å². The molecule has 0 aromatic rings. The van der Waals surface area contributed by atoms with E-state index < -0.39 is 0 Å². The molecule has 0 amide bonds. The van der Waals surface area contributed by atoms with Gasteiger partial charge in [0, 0.05) is 24.2 Å². The summed E-state index contributed by atoms with van der Waals surface area (Å²) in [6.07, 6.45) is 3.99. The standard InChI is InChI=1S/C15H32N2/c1-11(2)15-10-14(16-12(3)4)8-7-9-17(15)13(5)6/h11-16H,7-10H2,1-6H3. The molecule has 2 atom stereocenters. The van der Waals surface area contributed by atoms with Crippen molar-refractivity contribution in [2.75, 3.05) is 6.54 Å². The third-order valence-corrected chi connectivity index (χ3v) is 3.92. The number of likely N-dealkylation sites (tertiary alicyclic amines) is 1. The molecule has 0 aromatic heterocycles. The van der Waals surface area contributed by atoms with Crippen LogP contribution in [0, 0.1) is 5.92 Å². The molecule has 17 heavy (non-hydrogen) atoms. The second kappa shape index (κ2) is 6.75. The number of rotatable bonds is 4. The van der Waals surface area contributed by atoms with Crippen LogP contribution in [0.2, 0.25) is 0 Å². The molecule has 2 heteroatoms. The summed E-state index contributed by atoms with van der Waals surface area (Å²) < 4.78 is 0. The van der Waals surface area contributed by atoms with Crippen molar-refractivity contribution in [1.29, 1.82) is 0 Å². The van der Waals surface area contributed by atoms with Crippen molar-refractivity contribution >= 4 is 0 Å². The van der Waals surface area contributed by atoms with Crippen molar-refractivity contribution in [3.8, 4) is 0 Å². The van der Waals surface area contributed by atoms with Gasteiger partial charge in [-0.15, -0.1) is 0 Å². The molecule has 1 aliphatic heterocycles. The van der Waals surface area contributed by atoms with E-state index in [1.54, 1.807) is 0 Å². The summed E-state index contributed by atoms with van der Waals surface area (Å²) in [4.78, 5) is 2.71. The first-order valence-electron chi connectivity index (χ1n) is 7.43. The Morgan fingerprint density at radius 3 is 2.18 bits per heavy atom. The maximum absolute atomic E-state index is 3.74. The fourth-order valence-electron chi connectivity index (χ4n) is 3.15. The van der Waals surface area contributed by atoms with E-state index in [4.69, 9.17) is 0 Å². The van der Waals surface area contributed by atoms with Gasteiger partial charge in [-0.1, -0.05) is 27.7 Å². The zero-order valence-corrected chi connectivity index (χ0v) is 12.7. The first kappa shape index (κ1) is 15.0. The third-order valence-electron chi connectivity index (χ3n) is 3.92. The van der Waals surface area contributed by atoms with Gasteiger partial charge in [-0.05, 0) is 45.6 Å². The molecular weight excluding hydrogens is 208 g/mol. The molecule has 0 aromatic carbocycles. The van der Waals surface area contributed by atoms with Gasteiger partial charge in [0.05, 0.1) is 0 Å². The van der Waals surface area contributed by atoms with Crippen LogP contribution in [0.25, 0.3) is 0 Å². The summed E-state index contributed by atoms with van der Waals surface area (Å²) in [5.74, 6) is 0.756. The molecule has 102 valence electrons. The lowest BCUT2D eigenvalue weighted by Gasteiger charge is -2.37. The Balaban J connectivity index is 2.68. The summed E-state index contributed by atoms with van der Waals surface area (Å²) in [6.45, 7) is 15.2. The molecule has 2 nitrogen and oxygen atoms in total. The minimum atomic E-state index is 0.610. The Hall–Kier alpha value is -0.0800. The van der Waals surface area contributed by atoms with Gasteiger partial charge >= 0.3 is 0 Å². The average molecular weight is 240 g/mol. The van der Waals surface area contributed by atoms with Gasteiger partial charge in [0.1, 0.15) is 0 Å². The Labute approximate surface area is 108 Å². The lowest BCUT2D eigenvalue weighted by atomic mass is 9.94. The second-order valence-corrected chi connectivity index (χ2v) is 6.54. The largest absolute Gasteiger partial charge is 0.312 e. The maximum Gasteiger partial charge on any atom is 0.0136 e. The maximum atomic E-state index is 3.74. The van der Waals surface area contributed by atoms with Gasteiger partial charge in [0.15, 0.2) is 0 Å². The second-order valence-electron chi connectivity index (χ2n) is 6.54. The van der Waals surface area contributed by atoms with Crippen LogP contribution in [0.3, 0.4) is 0 Å². The van der Waals surface area contributed by atoms with Crippen LogP contribution in [0.4, 0.5) is 0 Å². The lowest BCUT2D eigenvalue weighted by Crippen LogP contribution is -2.45.